The van der Waals surface area contributed by atoms with Crippen molar-refractivity contribution in [1.82, 2.24) is 24.6 Å². The third-order valence-electron chi connectivity index (χ3n) is 6.12. The number of nitrogens with zero attached hydrogens (tertiary/aromatic N) is 4. The molecule has 3 N–H and O–H groups in total. The van der Waals surface area contributed by atoms with Crippen molar-refractivity contribution in [3.05, 3.63) is 75.7 Å². The minimum atomic E-state index is -1.00. The van der Waals surface area contributed by atoms with Gasteiger partial charge in [-0.1, -0.05) is 18.2 Å². The molecule has 0 spiro atoms. The molecule has 0 atom stereocenters. The van der Waals surface area contributed by atoms with Crippen LogP contribution in [0.25, 0.3) is 16.7 Å². The normalized spacial score (nSPS) is 13.8. The van der Waals surface area contributed by atoms with Crippen LogP contribution in [0.5, 0.6) is 0 Å². The summed E-state index contributed by atoms with van der Waals surface area (Å²) >= 11 is 0. The molecule has 0 unspecified atom stereocenters. The van der Waals surface area contributed by atoms with Crippen LogP contribution < -0.4 is 16.2 Å². The van der Waals surface area contributed by atoms with Gasteiger partial charge in [0.05, 0.1) is 11.3 Å². The molecule has 0 saturated heterocycles. The molecule has 5 rings (SSSR count). The van der Waals surface area contributed by atoms with E-state index in [-0.39, 0.29) is 5.56 Å². The molecule has 0 aliphatic carbocycles. The second-order valence-electron chi connectivity index (χ2n) is 8.91. The van der Waals surface area contributed by atoms with Gasteiger partial charge in [-0.05, 0) is 74.7 Å². The maximum absolute atomic E-state index is 13.1. The lowest BCUT2D eigenvalue weighted by Crippen LogP contribution is -2.23. The number of fused-ring (bicyclic) bond motifs is 2. The van der Waals surface area contributed by atoms with Crippen LogP contribution in [0.3, 0.4) is 0 Å². The van der Waals surface area contributed by atoms with E-state index in [0.717, 1.165) is 36.4 Å². The number of hydrogen-bond acceptors (Lipinski definition) is 6. The van der Waals surface area contributed by atoms with Crippen LogP contribution in [-0.2, 0) is 25.1 Å². The van der Waals surface area contributed by atoms with Crippen molar-refractivity contribution in [3.8, 4) is 5.69 Å². The zero-order chi connectivity index (χ0) is 23.2. The summed E-state index contributed by atoms with van der Waals surface area (Å²) in [7, 11) is 0. The molecule has 0 amide bonds. The van der Waals surface area contributed by atoms with Gasteiger partial charge in [0.2, 0.25) is 5.95 Å². The Kier molecular flexibility index (Phi) is 5.26. The van der Waals surface area contributed by atoms with E-state index in [4.69, 9.17) is 4.98 Å². The Balaban J connectivity index is 1.60. The van der Waals surface area contributed by atoms with Crippen molar-refractivity contribution in [2.45, 2.75) is 45.9 Å². The van der Waals surface area contributed by atoms with E-state index < -0.39 is 5.60 Å². The lowest BCUT2D eigenvalue weighted by atomic mass is 9.98. The number of aliphatic hydroxyl groups is 1. The van der Waals surface area contributed by atoms with Gasteiger partial charge in [-0.3, -0.25) is 4.79 Å². The van der Waals surface area contributed by atoms with E-state index in [1.54, 1.807) is 29.4 Å². The SMILES string of the molecule is CCn1c(=O)c2cnc(Nc3ccc4c(c3)CCNC4)nc2n1-c1cccc(C(C)(C)O)c1. The standard InChI is InChI=1S/C25H28N6O2/c1-4-30-23(32)21-15-27-24(28-19-9-8-17-14-26-11-10-16(17)12-19)29-22(21)31(30)20-7-5-6-18(13-20)25(2,3)33/h5-9,12-13,15,26,33H,4,10-11,14H2,1-3H3,(H,27,28,29). The zero-order valence-corrected chi connectivity index (χ0v) is 19.1. The topological polar surface area (TPSA) is 97.0 Å². The molecule has 4 aromatic rings. The molecule has 0 bridgehead atoms. The van der Waals surface area contributed by atoms with Crippen LogP contribution in [0.15, 0.2) is 53.5 Å². The molecule has 0 fully saturated rings. The smallest absolute Gasteiger partial charge is 0.278 e. The van der Waals surface area contributed by atoms with Gasteiger partial charge in [0.25, 0.3) is 5.56 Å². The predicted octanol–water partition coefficient (Wildman–Crippen LogP) is 3.22. The van der Waals surface area contributed by atoms with E-state index in [1.807, 2.05) is 37.3 Å². The molecule has 0 saturated carbocycles. The summed E-state index contributed by atoms with van der Waals surface area (Å²) in [5.41, 5.74) is 4.44. The number of nitrogens with one attached hydrogen (secondary N) is 2. The third kappa shape index (κ3) is 3.92. The second-order valence-corrected chi connectivity index (χ2v) is 8.91. The second kappa shape index (κ2) is 8.13. The highest BCUT2D eigenvalue weighted by atomic mass is 16.3. The number of rotatable bonds is 5. The van der Waals surface area contributed by atoms with Gasteiger partial charge in [0.1, 0.15) is 5.39 Å². The third-order valence-corrected chi connectivity index (χ3v) is 6.12. The summed E-state index contributed by atoms with van der Waals surface area (Å²) in [6, 6.07) is 13.8. The van der Waals surface area contributed by atoms with Gasteiger partial charge in [0, 0.05) is 25.0 Å². The number of aromatic nitrogens is 4. The van der Waals surface area contributed by atoms with E-state index >= 15 is 0 Å². The van der Waals surface area contributed by atoms with Crippen molar-refractivity contribution < 1.29 is 5.11 Å². The molecule has 0 radical (unpaired) electrons. The molecule has 33 heavy (non-hydrogen) atoms. The molecular formula is C25H28N6O2. The summed E-state index contributed by atoms with van der Waals surface area (Å²) in [6.07, 6.45) is 2.57. The minimum absolute atomic E-state index is 0.144. The highest BCUT2D eigenvalue weighted by Crippen LogP contribution is 2.25. The Morgan fingerprint density at radius 2 is 2.03 bits per heavy atom. The van der Waals surface area contributed by atoms with Gasteiger partial charge < -0.3 is 15.7 Å². The first-order chi connectivity index (χ1) is 15.8. The molecule has 1 aliphatic heterocycles. The fourth-order valence-electron chi connectivity index (χ4n) is 4.34. The molecule has 2 aromatic carbocycles. The maximum atomic E-state index is 13.1. The Labute approximate surface area is 191 Å². The van der Waals surface area contributed by atoms with Crippen molar-refractivity contribution >= 4 is 22.7 Å². The maximum Gasteiger partial charge on any atom is 0.278 e. The Hall–Kier alpha value is -3.49. The first kappa shape index (κ1) is 21.4. The van der Waals surface area contributed by atoms with Crippen molar-refractivity contribution in [2.24, 2.45) is 0 Å². The number of benzene rings is 2. The van der Waals surface area contributed by atoms with Crippen LogP contribution in [0, 0.1) is 0 Å². The summed E-state index contributed by atoms with van der Waals surface area (Å²) in [6.45, 7) is 7.74. The zero-order valence-electron chi connectivity index (χ0n) is 19.1. The van der Waals surface area contributed by atoms with Gasteiger partial charge in [-0.2, -0.15) is 4.98 Å². The molecule has 170 valence electrons. The first-order valence-electron chi connectivity index (χ1n) is 11.3. The Bertz CT molecular complexity index is 1400. The molecule has 8 nitrogen and oxygen atoms in total. The summed E-state index contributed by atoms with van der Waals surface area (Å²) in [5, 5.41) is 17.6. The quantitative estimate of drug-likeness (QED) is 0.437. The van der Waals surface area contributed by atoms with Crippen LogP contribution in [-0.4, -0.2) is 31.0 Å². The van der Waals surface area contributed by atoms with E-state index in [1.165, 1.54) is 11.1 Å². The first-order valence-corrected chi connectivity index (χ1v) is 11.3. The molecule has 1 aliphatic rings. The number of anilines is 2. The molecule has 3 heterocycles. The lowest BCUT2D eigenvalue weighted by Gasteiger charge is -2.19. The van der Waals surface area contributed by atoms with Gasteiger partial charge >= 0.3 is 0 Å². The fraction of sp³-hybridized carbons (Fsp3) is 0.320. The average Bonchev–Trinajstić information content (AvgIpc) is 3.09. The fourth-order valence-corrected chi connectivity index (χ4v) is 4.34. The van der Waals surface area contributed by atoms with Gasteiger partial charge in [-0.15, -0.1) is 0 Å². The van der Waals surface area contributed by atoms with Crippen molar-refractivity contribution in [3.63, 3.8) is 0 Å². The van der Waals surface area contributed by atoms with Crippen LogP contribution in [0.2, 0.25) is 0 Å². The molecular weight excluding hydrogens is 416 g/mol. The summed E-state index contributed by atoms with van der Waals surface area (Å²) in [5.74, 6) is 0.428. The highest BCUT2D eigenvalue weighted by Gasteiger charge is 2.20. The molecule has 8 heteroatoms. The Morgan fingerprint density at radius 3 is 2.82 bits per heavy atom. The summed E-state index contributed by atoms with van der Waals surface area (Å²) in [4.78, 5) is 22.2. The molecule has 2 aromatic heterocycles. The average molecular weight is 445 g/mol. The van der Waals surface area contributed by atoms with E-state index in [0.29, 0.717) is 23.5 Å². The monoisotopic (exact) mass is 444 g/mol. The van der Waals surface area contributed by atoms with Gasteiger partial charge in [0.15, 0.2) is 5.65 Å². The van der Waals surface area contributed by atoms with Crippen molar-refractivity contribution in [2.75, 3.05) is 11.9 Å². The van der Waals surface area contributed by atoms with E-state index in [9.17, 15) is 9.90 Å². The predicted molar refractivity (Wildman–Crippen MR) is 129 cm³/mol. The highest BCUT2D eigenvalue weighted by molar-refractivity contribution is 5.77. The van der Waals surface area contributed by atoms with Crippen LogP contribution in [0.1, 0.15) is 37.5 Å². The summed E-state index contributed by atoms with van der Waals surface area (Å²) < 4.78 is 3.44. The number of hydrogen-bond donors (Lipinski definition) is 3. The van der Waals surface area contributed by atoms with Crippen LogP contribution in [0.4, 0.5) is 11.6 Å². The minimum Gasteiger partial charge on any atom is -0.386 e. The van der Waals surface area contributed by atoms with E-state index in [2.05, 4.69) is 27.8 Å². The lowest BCUT2D eigenvalue weighted by molar-refractivity contribution is 0.0786. The van der Waals surface area contributed by atoms with Crippen LogP contribution >= 0.6 is 0 Å². The Morgan fingerprint density at radius 1 is 1.18 bits per heavy atom. The van der Waals surface area contributed by atoms with Gasteiger partial charge in [-0.25, -0.2) is 14.3 Å². The van der Waals surface area contributed by atoms with Crippen molar-refractivity contribution in [1.29, 1.82) is 0 Å². The largest absolute Gasteiger partial charge is 0.386 e.